The van der Waals surface area contributed by atoms with Gasteiger partial charge in [0.25, 0.3) is 0 Å². The van der Waals surface area contributed by atoms with Crippen molar-refractivity contribution in [3.63, 3.8) is 0 Å². The van der Waals surface area contributed by atoms with E-state index >= 15 is 19.2 Å². The number of fused-ring (bicyclic) bond motifs is 5. The number of aromatic amines is 3. The molecule has 14 N–H and O–H groups in total. The molecule has 0 spiro atoms. The van der Waals surface area contributed by atoms with Crippen molar-refractivity contribution in [3.8, 4) is 5.75 Å². The number of aryl methyl sites for hydroxylation is 2. The molecule has 0 saturated carbocycles. The molecule has 5 heterocycles. The minimum Gasteiger partial charge on any atom is -0.497 e. The number of carbonyl (C=O) groups excluding carboxylic acids is 9. The van der Waals surface area contributed by atoms with Gasteiger partial charge < -0.3 is 78.0 Å². The van der Waals surface area contributed by atoms with E-state index < -0.39 is 125 Å². The number of aliphatic carboxylic acids is 1. The van der Waals surface area contributed by atoms with Gasteiger partial charge in [0.2, 0.25) is 53.2 Å². The molecule has 1 fully saturated rings. The van der Waals surface area contributed by atoms with Crippen LogP contribution in [0.15, 0.2) is 110 Å². The fraction of sp³-hybridized carbons (Fsp3) is 0.431. The number of unbranched alkanes of at least 4 members (excludes halogenated alkanes) is 1. The highest BCUT2D eigenvalue weighted by Crippen LogP contribution is 2.32. The van der Waals surface area contributed by atoms with Crippen LogP contribution in [0.3, 0.4) is 0 Å². The number of carboxylic acids is 1. The predicted molar refractivity (Wildman–Crippen MR) is 382 cm³/mol. The molecule has 0 aliphatic carbocycles. The van der Waals surface area contributed by atoms with Crippen molar-refractivity contribution in [1.29, 1.82) is 0 Å². The molecule has 1 saturated heterocycles. The van der Waals surface area contributed by atoms with Crippen LogP contribution in [0.1, 0.15) is 105 Å². The zero-order chi connectivity index (χ0) is 72.9. The Labute approximate surface area is 596 Å². The Morgan fingerprint density at radius 3 is 1.89 bits per heavy atom. The quantitative estimate of drug-likeness (QED) is 0.0545. The van der Waals surface area contributed by atoms with Crippen molar-refractivity contribution in [2.45, 2.75) is 157 Å². The molecule has 8 atom stereocenters. The SMILES string of the molecule is COc1ccc(C[C@@H]2NC(=O)[C@H](CCc3cnc[nH]3)NC(=O)[C@H](CC(=O)O)NC(=O)[C@H](CCc3c[nH]c4ccc(F)cc34)NC(=O)[C@H](Cc3c[nH]c4ccc(F)cc34)NC(=O)[C@@H](C)NC(=O)[C@H](CCCCN)NC(=O)CCSCc3cccc(c3)CSCCNC(=O)[C@]3(C)CCCN3C2=O)cc1. The van der Waals surface area contributed by atoms with Crippen molar-refractivity contribution in [1.82, 2.24) is 67.4 Å². The number of hydrogen-bond acceptors (Lipinski definition) is 15. The first kappa shape index (κ1) is 76.4. The van der Waals surface area contributed by atoms with Crippen LogP contribution in [0.4, 0.5) is 8.78 Å². The largest absolute Gasteiger partial charge is 0.497 e. The Morgan fingerprint density at radius 2 is 1.25 bits per heavy atom. The smallest absolute Gasteiger partial charge is 0.305 e. The number of thioether (sulfide) groups is 2. The van der Waals surface area contributed by atoms with E-state index in [0.29, 0.717) is 105 Å². The van der Waals surface area contributed by atoms with E-state index in [-0.39, 0.29) is 64.5 Å². The van der Waals surface area contributed by atoms with E-state index in [1.165, 1.54) is 85.8 Å². The highest BCUT2D eigenvalue weighted by molar-refractivity contribution is 7.98. The van der Waals surface area contributed by atoms with Gasteiger partial charge in [0, 0.05) is 101 Å². The second-order valence-electron chi connectivity index (χ2n) is 25.8. The molecule has 102 heavy (non-hydrogen) atoms. The first-order chi connectivity index (χ1) is 49.1. The zero-order valence-electron chi connectivity index (χ0n) is 57.1. The number of carboxylic acid groups (broad SMARTS) is 1. The zero-order valence-corrected chi connectivity index (χ0v) is 58.7. The molecule has 0 radical (unpaired) electrons. The van der Waals surface area contributed by atoms with Gasteiger partial charge in [0.15, 0.2) is 0 Å². The minimum atomic E-state index is -1.96. The van der Waals surface area contributed by atoms with Crippen LogP contribution in [-0.2, 0) is 85.1 Å². The van der Waals surface area contributed by atoms with Crippen molar-refractivity contribution >= 4 is 104 Å². The van der Waals surface area contributed by atoms with E-state index in [4.69, 9.17) is 10.5 Å². The van der Waals surface area contributed by atoms with E-state index in [1.54, 1.807) is 49.1 Å². The van der Waals surface area contributed by atoms with Gasteiger partial charge in [-0.25, -0.2) is 13.8 Å². The number of methoxy groups -OCH3 is 1. The van der Waals surface area contributed by atoms with E-state index in [1.807, 2.05) is 18.2 Å². The molecule has 7 aromatic rings. The molecular weight excluding hydrogens is 1360 g/mol. The average molecular weight is 1440 g/mol. The van der Waals surface area contributed by atoms with Crippen LogP contribution in [0.2, 0.25) is 0 Å². The highest BCUT2D eigenvalue weighted by Gasteiger charge is 2.48. The second-order valence-corrected chi connectivity index (χ2v) is 28.0. The van der Waals surface area contributed by atoms with Crippen LogP contribution in [0, 0.1) is 11.6 Å². The molecule has 4 aromatic carbocycles. The summed E-state index contributed by atoms with van der Waals surface area (Å²) in [7, 11) is 1.50. The first-order valence-corrected chi connectivity index (χ1v) is 36.4. The summed E-state index contributed by atoms with van der Waals surface area (Å²) in [6.45, 7) is 3.80. The number of nitrogens with zero attached hydrogens (tertiary/aromatic N) is 2. The topological polar surface area (TPSA) is 386 Å². The summed E-state index contributed by atoms with van der Waals surface area (Å²) in [5.41, 5.74) is 9.51. The fourth-order valence-electron chi connectivity index (χ4n) is 12.6. The van der Waals surface area contributed by atoms with Gasteiger partial charge in [0.05, 0.1) is 19.9 Å². The third-order valence-corrected chi connectivity index (χ3v) is 20.3. The highest BCUT2D eigenvalue weighted by atomic mass is 32.2. The number of rotatable bonds is 17. The number of aromatic nitrogens is 4. The summed E-state index contributed by atoms with van der Waals surface area (Å²) < 4.78 is 35.1. The molecule has 2 bridgehead atoms. The lowest BCUT2D eigenvalue weighted by Gasteiger charge is -2.36. The van der Waals surface area contributed by atoms with Gasteiger partial charge in [-0.05, 0) is 155 Å². The maximum atomic E-state index is 15.2. The van der Waals surface area contributed by atoms with Crippen molar-refractivity contribution in [2.24, 2.45) is 5.73 Å². The number of nitrogens with one attached hydrogen (secondary N) is 11. The van der Waals surface area contributed by atoms with Crippen molar-refractivity contribution < 1.29 is 66.6 Å². The van der Waals surface area contributed by atoms with Crippen LogP contribution in [-0.4, -0.2) is 175 Å². The number of ether oxygens (including phenoxy) is 1. The minimum absolute atomic E-state index is 0.0532. The van der Waals surface area contributed by atoms with E-state index in [9.17, 15) is 42.7 Å². The molecule has 3 aromatic heterocycles. The molecule has 544 valence electrons. The van der Waals surface area contributed by atoms with Gasteiger partial charge in [-0.15, -0.1) is 0 Å². The van der Waals surface area contributed by atoms with Crippen LogP contribution >= 0.6 is 23.5 Å². The maximum Gasteiger partial charge on any atom is 0.305 e. The predicted octanol–water partition coefficient (Wildman–Crippen LogP) is 4.79. The number of nitrogens with two attached hydrogens (primary N) is 1. The van der Waals surface area contributed by atoms with Gasteiger partial charge in [-0.1, -0.05) is 36.4 Å². The summed E-state index contributed by atoms with van der Waals surface area (Å²) in [6.07, 6.45) is 6.04. The number of carbonyl (C=O) groups is 10. The first-order valence-electron chi connectivity index (χ1n) is 34.1. The summed E-state index contributed by atoms with van der Waals surface area (Å²) in [6, 6.07) is 12.2. The molecule has 0 unspecified atom stereocenters. The van der Waals surface area contributed by atoms with Gasteiger partial charge in [-0.2, -0.15) is 23.5 Å². The third-order valence-electron chi connectivity index (χ3n) is 18.2. The summed E-state index contributed by atoms with van der Waals surface area (Å²) in [5, 5.41) is 33.1. The fourth-order valence-corrected chi connectivity index (χ4v) is 14.3. The summed E-state index contributed by atoms with van der Waals surface area (Å²) in [4.78, 5) is 159. The maximum absolute atomic E-state index is 15.2. The van der Waals surface area contributed by atoms with Gasteiger partial charge >= 0.3 is 5.97 Å². The normalized spacial score (nSPS) is 22.6. The number of H-pyrrole nitrogens is 3. The van der Waals surface area contributed by atoms with Gasteiger partial charge in [0.1, 0.15) is 65.2 Å². The second kappa shape index (κ2) is 36.7. The lowest BCUT2D eigenvalue weighted by atomic mass is 9.95. The molecule has 30 heteroatoms. The molecule has 26 nitrogen and oxygen atoms in total. The van der Waals surface area contributed by atoms with Crippen LogP contribution in [0.25, 0.3) is 21.8 Å². The Morgan fingerprint density at radius 1 is 0.657 bits per heavy atom. The van der Waals surface area contributed by atoms with Crippen molar-refractivity contribution in [3.05, 3.63) is 155 Å². The Kier molecular flexibility index (Phi) is 27.5. The molecule has 2 aliphatic rings. The standard InChI is InChI=1S/C72H88F2N14O12S2/c1-42-64(92)85-59(32-47-37-79-55-21-15-49(74)34-53(47)55)68(96)83-57(19-13-46-36-78-54-20-14-48(73)33-52(46)54)66(94)86-60(35-63(90)91)69(97)84-58(22-16-50-38-76-41-80-50)67(95)87-61(31-43-11-17-51(100-3)18-12-43)70(98)88-27-7-24-72(88,2)71(99)77-26-29-102-40-45-9-6-8-44(30-45)39-101-28-23-62(89)82-56(65(93)81-42)10-4-5-25-75/h6,8-9,11-12,14-15,17-18,20-21,30,33-34,36-38,41-42,56-61,78-79H,4-5,7,10,13,16,19,22-29,31-32,35,39-40,75H2,1-3H3,(H,76,80)(H,77,99)(H,81,93)(H,82,89)(H,83,96)(H,84,97)(H,85,92)(H,86,94)(H,87,95)(H,90,91)/t42-,56+,57+,58+,59+,60+,61+,72+/m1/s1. The van der Waals surface area contributed by atoms with E-state index in [0.717, 1.165) is 11.1 Å². The van der Waals surface area contributed by atoms with E-state index in [2.05, 4.69) is 68.5 Å². The Bertz CT molecular complexity index is 4100. The van der Waals surface area contributed by atoms with Crippen LogP contribution < -0.4 is 53.0 Å². The monoisotopic (exact) mass is 1440 g/mol. The Hall–Kier alpha value is -9.81. The lowest BCUT2D eigenvalue weighted by molar-refractivity contribution is -0.146. The van der Waals surface area contributed by atoms with Crippen molar-refractivity contribution in [2.75, 3.05) is 38.2 Å². The lowest BCUT2D eigenvalue weighted by Crippen LogP contribution is -2.62. The summed E-state index contributed by atoms with van der Waals surface area (Å²) in [5.74, 6) is -7.20. The molecule has 9 amide bonds. The van der Waals surface area contributed by atoms with Crippen LogP contribution in [0.5, 0.6) is 5.75 Å². The molecular formula is C72H88F2N14O12S2. The van der Waals surface area contributed by atoms with Gasteiger partial charge in [-0.3, -0.25) is 47.9 Å². The number of imidazole rings is 1. The third kappa shape index (κ3) is 21.1. The Balaban J connectivity index is 1.05. The number of hydrogen-bond donors (Lipinski definition) is 13. The number of benzene rings is 4. The summed E-state index contributed by atoms with van der Waals surface area (Å²) >= 11 is 3.13. The molecule has 2 aliphatic heterocycles. The molecule has 9 rings (SSSR count). The number of halogens is 2. The number of amides is 9. The average Bonchev–Trinajstić information content (AvgIpc) is 1.61.